The van der Waals surface area contributed by atoms with E-state index in [1.54, 1.807) is 14.2 Å². The normalized spacial score (nSPS) is 49.3. The second-order valence-corrected chi connectivity index (χ2v) is 8.86. The minimum absolute atomic E-state index is 0.0466. The van der Waals surface area contributed by atoms with Crippen LogP contribution < -0.4 is 5.32 Å². The number of hydrogen-bond acceptors (Lipinski definition) is 3. The predicted molar refractivity (Wildman–Crippen MR) is 87.1 cm³/mol. The molecule has 0 spiro atoms. The molecule has 1 heterocycles. The van der Waals surface area contributed by atoms with Gasteiger partial charge in [-0.05, 0) is 43.9 Å². The van der Waals surface area contributed by atoms with Gasteiger partial charge in [-0.3, -0.25) is 0 Å². The van der Waals surface area contributed by atoms with E-state index >= 15 is 0 Å². The van der Waals surface area contributed by atoms with Gasteiger partial charge < -0.3 is 19.7 Å². The average Bonchev–Trinajstić information content (AvgIpc) is 3.13. The first-order valence-corrected chi connectivity index (χ1v) is 8.97. The summed E-state index contributed by atoms with van der Waals surface area (Å²) in [6.07, 6.45) is 3.60. The minimum atomic E-state index is -0.150. The molecule has 4 aliphatic rings. The monoisotopic (exact) mass is 322 g/mol. The summed E-state index contributed by atoms with van der Waals surface area (Å²) in [4.78, 5) is 15.0. The fraction of sp³-hybridized carbons (Fsp3) is 0.944. The summed E-state index contributed by atoms with van der Waals surface area (Å²) in [5, 5.41) is 3.29. The van der Waals surface area contributed by atoms with Crippen LogP contribution in [0.1, 0.15) is 40.0 Å². The Balaban J connectivity index is 1.45. The number of rotatable bonds is 3. The first-order valence-electron chi connectivity index (χ1n) is 8.97. The quantitative estimate of drug-likeness (QED) is 0.867. The van der Waals surface area contributed by atoms with Gasteiger partial charge in [-0.2, -0.15) is 0 Å². The number of nitrogens with one attached hydrogen (secondary N) is 1. The average molecular weight is 322 g/mol. The topological polar surface area (TPSA) is 50.8 Å². The van der Waals surface area contributed by atoms with Crippen molar-refractivity contribution in [3.05, 3.63) is 0 Å². The Morgan fingerprint density at radius 3 is 2.52 bits per heavy atom. The van der Waals surface area contributed by atoms with E-state index < -0.39 is 0 Å². The molecule has 3 aliphatic carbocycles. The van der Waals surface area contributed by atoms with Gasteiger partial charge in [0.2, 0.25) is 0 Å². The van der Waals surface area contributed by atoms with Crippen molar-refractivity contribution in [3.8, 4) is 0 Å². The van der Waals surface area contributed by atoms with Gasteiger partial charge in [0, 0.05) is 32.2 Å². The molecule has 0 aromatic rings. The van der Waals surface area contributed by atoms with Crippen molar-refractivity contribution >= 4 is 6.03 Å². The van der Waals surface area contributed by atoms with Crippen LogP contribution in [0.3, 0.4) is 0 Å². The lowest BCUT2D eigenvalue weighted by atomic mass is 9.56. The number of carbonyl (C=O) groups excluding carboxylic acids is 1. The van der Waals surface area contributed by atoms with Crippen molar-refractivity contribution in [3.63, 3.8) is 0 Å². The maximum Gasteiger partial charge on any atom is 0.317 e. The maximum absolute atomic E-state index is 12.9. The third-order valence-electron chi connectivity index (χ3n) is 7.93. The van der Waals surface area contributed by atoms with Gasteiger partial charge in [0.15, 0.2) is 0 Å². The number of nitrogens with zero attached hydrogens (tertiary/aromatic N) is 1. The Labute approximate surface area is 139 Å². The molecule has 130 valence electrons. The molecular weight excluding hydrogens is 292 g/mol. The zero-order chi connectivity index (χ0) is 16.6. The molecule has 5 nitrogen and oxygen atoms in total. The fourth-order valence-corrected chi connectivity index (χ4v) is 5.91. The van der Waals surface area contributed by atoms with Crippen molar-refractivity contribution in [2.75, 3.05) is 20.8 Å². The Bertz CT molecular complexity index is 520. The molecule has 7 atom stereocenters. The summed E-state index contributed by atoms with van der Waals surface area (Å²) in [6.45, 7) is 7.41. The number of amides is 2. The summed E-state index contributed by atoms with van der Waals surface area (Å²) in [5.74, 6) is 2.02. The molecule has 4 fully saturated rings. The molecule has 1 saturated heterocycles. The highest BCUT2D eigenvalue weighted by molar-refractivity contribution is 5.76. The summed E-state index contributed by atoms with van der Waals surface area (Å²) >= 11 is 0. The molecule has 1 aliphatic heterocycles. The fourth-order valence-electron chi connectivity index (χ4n) is 5.91. The standard InChI is InChI=1S/C18H30N2O3/c1-17(2)13(8-18(17,3)23-5)19-16(21)20-9-11-6-10-7-12(11)14(20)15(10)22-4/h10-15H,6-9H2,1-5H3,(H,19,21). The molecule has 2 amide bonds. The molecule has 2 bridgehead atoms. The molecule has 1 N–H and O–H groups in total. The zero-order valence-electron chi connectivity index (χ0n) is 15.0. The Morgan fingerprint density at radius 2 is 1.91 bits per heavy atom. The van der Waals surface area contributed by atoms with E-state index in [-0.39, 0.29) is 29.2 Å². The Morgan fingerprint density at radius 1 is 1.17 bits per heavy atom. The van der Waals surface area contributed by atoms with Gasteiger partial charge in [-0.15, -0.1) is 0 Å². The van der Waals surface area contributed by atoms with E-state index in [2.05, 4.69) is 31.0 Å². The van der Waals surface area contributed by atoms with E-state index in [0.717, 1.165) is 13.0 Å². The van der Waals surface area contributed by atoms with Crippen LogP contribution in [0, 0.1) is 23.2 Å². The van der Waals surface area contributed by atoms with Crippen LogP contribution in [0.15, 0.2) is 0 Å². The number of carbonyl (C=O) groups is 1. The summed E-state index contributed by atoms with van der Waals surface area (Å²) in [5.41, 5.74) is -0.197. The molecule has 5 heteroatoms. The van der Waals surface area contributed by atoms with Crippen LogP contribution in [0.5, 0.6) is 0 Å². The number of urea groups is 1. The van der Waals surface area contributed by atoms with E-state index in [0.29, 0.717) is 23.8 Å². The zero-order valence-corrected chi connectivity index (χ0v) is 15.0. The van der Waals surface area contributed by atoms with Crippen LogP contribution in [0.2, 0.25) is 0 Å². The smallest absolute Gasteiger partial charge is 0.317 e. The number of methoxy groups -OCH3 is 2. The van der Waals surface area contributed by atoms with Crippen LogP contribution >= 0.6 is 0 Å². The first kappa shape index (κ1) is 15.7. The summed E-state index contributed by atoms with van der Waals surface area (Å²) in [7, 11) is 3.56. The van der Waals surface area contributed by atoms with Crippen molar-refractivity contribution in [1.82, 2.24) is 10.2 Å². The van der Waals surface area contributed by atoms with Crippen molar-refractivity contribution < 1.29 is 14.3 Å². The van der Waals surface area contributed by atoms with E-state index in [4.69, 9.17) is 9.47 Å². The number of fused-ring (bicyclic) bond motifs is 1. The third-order valence-corrected chi connectivity index (χ3v) is 7.93. The molecule has 0 aromatic heterocycles. The minimum Gasteiger partial charge on any atom is -0.379 e. The van der Waals surface area contributed by atoms with Crippen molar-refractivity contribution in [2.45, 2.75) is 63.8 Å². The molecule has 23 heavy (non-hydrogen) atoms. The highest BCUT2D eigenvalue weighted by atomic mass is 16.5. The predicted octanol–water partition coefficient (Wildman–Crippen LogP) is 2.25. The molecule has 7 unspecified atom stereocenters. The van der Waals surface area contributed by atoms with E-state index in [1.807, 2.05) is 0 Å². The van der Waals surface area contributed by atoms with E-state index in [9.17, 15) is 4.79 Å². The van der Waals surface area contributed by atoms with Gasteiger partial charge >= 0.3 is 6.03 Å². The highest BCUT2D eigenvalue weighted by Gasteiger charge is 2.62. The van der Waals surface area contributed by atoms with E-state index in [1.165, 1.54) is 12.8 Å². The van der Waals surface area contributed by atoms with Crippen LogP contribution in [0.4, 0.5) is 4.79 Å². The lowest BCUT2D eigenvalue weighted by Gasteiger charge is -2.59. The number of likely N-dealkylation sites (tertiary alicyclic amines) is 1. The Kier molecular flexibility index (Phi) is 3.31. The lowest BCUT2D eigenvalue weighted by molar-refractivity contribution is -0.178. The van der Waals surface area contributed by atoms with Crippen LogP contribution in [0.25, 0.3) is 0 Å². The largest absolute Gasteiger partial charge is 0.379 e. The summed E-state index contributed by atoms with van der Waals surface area (Å²) in [6, 6.07) is 0.570. The molecular formula is C18H30N2O3. The van der Waals surface area contributed by atoms with Gasteiger partial charge in [0.05, 0.1) is 17.7 Å². The van der Waals surface area contributed by atoms with Gasteiger partial charge in [-0.1, -0.05) is 13.8 Å². The Hall–Kier alpha value is -0.810. The second kappa shape index (κ2) is 4.85. The van der Waals surface area contributed by atoms with Crippen LogP contribution in [-0.4, -0.2) is 55.5 Å². The summed E-state index contributed by atoms with van der Waals surface area (Å²) < 4.78 is 11.4. The lowest BCUT2D eigenvalue weighted by Crippen LogP contribution is -2.69. The third kappa shape index (κ3) is 1.89. The number of ether oxygens (including phenoxy) is 2. The van der Waals surface area contributed by atoms with Gasteiger partial charge in [0.25, 0.3) is 0 Å². The maximum atomic E-state index is 12.9. The number of hydrogen-bond donors (Lipinski definition) is 1. The highest BCUT2D eigenvalue weighted by Crippen LogP contribution is 2.56. The van der Waals surface area contributed by atoms with Crippen molar-refractivity contribution in [2.24, 2.45) is 23.2 Å². The molecule has 0 aromatic carbocycles. The molecule has 4 rings (SSSR count). The second-order valence-electron chi connectivity index (χ2n) is 8.86. The SMILES string of the molecule is COC1C2CC3CN(C(=O)NC4CC(C)(OC)C4(C)C)C1C3C2. The van der Waals surface area contributed by atoms with Gasteiger partial charge in [0.1, 0.15) is 0 Å². The molecule has 0 radical (unpaired) electrons. The van der Waals surface area contributed by atoms with Crippen molar-refractivity contribution in [1.29, 1.82) is 0 Å². The van der Waals surface area contributed by atoms with Crippen LogP contribution in [-0.2, 0) is 9.47 Å². The van der Waals surface area contributed by atoms with Gasteiger partial charge in [-0.25, -0.2) is 4.79 Å². The first-order chi connectivity index (χ1) is 10.8. The molecule has 3 saturated carbocycles.